The molecule has 1 N–H and O–H groups in total. The fourth-order valence-electron chi connectivity index (χ4n) is 2.99. The van der Waals surface area contributed by atoms with Crippen LogP contribution in [0.3, 0.4) is 0 Å². The molecule has 0 radical (unpaired) electrons. The Morgan fingerprint density at radius 2 is 1.40 bits per heavy atom. The summed E-state index contributed by atoms with van der Waals surface area (Å²) in [4.78, 5) is 25.4. The Labute approximate surface area is 214 Å². The molecule has 0 heterocycles. The first-order valence-corrected chi connectivity index (χ1v) is 11.9. The molecule has 1 unspecified atom stereocenters. The Kier molecular flexibility index (Phi) is 11.1. The molecule has 0 spiro atoms. The number of anilines is 1. The number of halogens is 2. The van der Waals surface area contributed by atoms with Crippen LogP contribution in [0.1, 0.15) is 34.6 Å². The summed E-state index contributed by atoms with van der Waals surface area (Å²) in [5.41, 5.74) is 0.427. The van der Waals surface area contributed by atoms with Gasteiger partial charge >= 0.3 is 0 Å². The third-order valence-electron chi connectivity index (χ3n) is 4.40. The number of ether oxygens (including phenoxy) is 4. The zero-order valence-electron chi connectivity index (χ0n) is 20.3. The second kappa shape index (κ2) is 13.7. The van der Waals surface area contributed by atoms with E-state index in [1.807, 2.05) is 13.8 Å². The SMILES string of the molecule is CCOc1cc(N=NC(C(C)=O)C(=O)Nc2c(OCC)cc(Cl)cc2OCC)c(Cl)c(OCC)c1. The summed E-state index contributed by atoms with van der Waals surface area (Å²) < 4.78 is 22.3. The van der Waals surface area contributed by atoms with E-state index in [9.17, 15) is 9.59 Å². The van der Waals surface area contributed by atoms with Crippen molar-refractivity contribution < 1.29 is 28.5 Å². The number of hydrogen-bond donors (Lipinski definition) is 1. The number of Topliss-reactive ketones (excluding diaryl/α,β-unsaturated/α-hetero) is 1. The van der Waals surface area contributed by atoms with Gasteiger partial charge < -0.3 is 24.3 Å². The van der Waals surface area contributed by atoms with Gasteiger partial charge in [0.25, 0.3) is 5.91 Å². The second-order valence-corrected chi connectivity index (χ2v) is 7.80. The van der Waals surface area contributed by atoms with E-state index in [1.165, 1.54) is 6.92 Å². The van der Waals surface area contributed by atoms with Crippen LogP contribution in [0.4, 0.5) is 11.4 Å². The number of ketones is 1. The minimum Gasteiger partial charge on any atom is -0.494 e. The third kappa shape index (κ3) is 7.73. The van der Waals surface area contributed by atoms with Crippen molar-refractivity contribution in [2.45, 2.75) is 40.7 Å². The summed E-state index contributed by atoms with van der Waals surface area (Å²) in [7, 11) is 0. The molecule has 2 rings (SSSR count). The highest BCUT2D eigenvalue weighted by Crippen LogP contribution is 2.40. The first kappa shape index (κ1) is 28.2. The molecule has 0 aliphatic carbocycles. The van der Waals surface area contributed by atoms with E-state index in [0.717, 1.165) is 0 Å². The largest absolute Gasteiger partial charge is 0.494 e. The van der Waals surface area contributed by atoms with Crippen molar-refractivity contribution in [1.29, 1.82) is 0 Å². The van der Waals surface area contributed by atoms with Crippen molar-refractivity contribution in [2.75, 3.05) is 31.7 Å². The molecule has 9 nitrogen and oxygen atoms in total. The van der Waals surface area contributed by atoms with Gasteiger partial charge in [0.15, 0.2) is 5.78 Å². The zero-order chi connectivity index (χ0) is 26.0. The van der Waals surface area contributed by atoms with Crippen molar-refractivity contribution in [3.05, 3.63) is 34.3 Å². The Morgan fingerprint density at radius 1 is 0.857 bits per heavy atom. The average molecular weight is 526 g/mol. The van der Waals surface area contributed by atoms with Crippen LogP contribution in [0.15, 0.2) is 34.5 Å². The number of hydrogen-bond acceptors (Lipinski definition) is 8. The van der Waals surface area contributed by atoms with Gasteiger partial charge in [-0.3, -0.25) is 9.59 Å². The van der Waals surface area contributed by atoms with Gasteiger partial charge in [-0.1, -0.05) is 23.2 Å². The van der Waals surface area contributed by atoms with Crippen LogP contribution in [0.25, 0.3) is 0 Å². The normalized spacial score (nSPS) is 11.7. The van der Waals surface area contributed by atoms with Gasteiger partial charge in [0.2, 0.25) is 6.04 Å². The molecule has 11 heteroatoms. The van der Waals surface area contributed by atoms with Crippen molar-refractivity contribution in [1.82, 2.24) is 0 Å². The number of rotatable bonds is 13. The average Bonchev–Trinajstić information content (AvgIpc) is 2.79. The van der Waals surface area contributed by atoms with Crippen LogP contribution < -0.4 is 24.3 Å². The Balaban J connectivity index is 2.42. The molecule has 0 aliphatic heterocycles. The van der Waals surface area contributed by atoms with Crippen LogP contribution >= 0.6 is 23.2 Å². The van der Waals surface area contributed by atoms with E-state index in [2.05, 4.69) is 15.5 Å². The van der Waals surface area contributed by atoms with E-state index < -0.39 is 17.7 Å². The summed E-state index contributed by atoms with van der Waals surface area (Å²) in [5.74, 6) is 0.143. The molecule has 0 aliphatic rings. The van der Waals surface area contributed by atoms with Crippen LogP contribution in [0.2, 0.25) is 10.0 Å². The minimum absolute atomic E-state index is 0.178. The Morgan fingerprint density at radius 3 is 1.91 bits per heavy atom. The van der Waals surface area contributed by atoms with Gasteiger partial charge in [-0.15, -0.1) is 0 Å². The molecule has 0 saturated heterocycles. The lowest BCUT2D eigenvalue weighted by molar-refractivity contribution is -0.126. The maximum absolute atomic E-state index is 13.1. The predicted molar refractivity (Wildman–Crippen MR) is 135 cm³/mol. The molecule has 2 aromatic carbocycles. The lowest BCUT2D eigenvalue weighted by Gasteiger charge is -2.18. The van der Waals surface area contributed by atoms with E-state index in [4.69, 9.17) is 42.1 Å². The van der Waals surface area contributed by atoms with Crippen LogP contribution in [0.5, 0.6) is 23.0 Å². The van der Waals surface area contributed by atoms with E-state index >= 15 is 0 Å². The van der Waals surface area contributed by atoms with Crippen LogP contribution in [0, 0.1) is 0 Å². The lowest BCUT2D eigenvalue weighted by Crippen LogP contribution is -2.32. The minimum atomic E-state index is -1.46. The molecule has 35 heavy (non-hydrogen) atoms. The van der Waals surface area contributed by atoms with Gasteiger partial charge in [0.05, 0.1) is 26.4 Å². The molecule has 2 aromatic rings. The molecular weight excluding hydrogens is 497 g/mol. The van der Waals surface area contributed by atoms with Crippen LogP contribution in [-0.2, 0) is 9.59 Å². The summed E-state index contributed by atoms with van der Waals surface area (Å²) in [5, 5.41) is 11.3. The fourth-order valence-corrected chi connectivity index (χ4v) is 3.39. The van der Waals surface area contributed by atoms with Gasteiger partial charge in [-0.05, 0) is 34.6 Å². The summed E-state index contributed by atoms with van der Waals surface area (Å²) >= 11 is 12.5. The second-order valence-electron chi connectivity index (χ2n) is 6.98. The fraction of sp³-hybridized carbons (Fsp3) is 0.417. The molecule has 0 aromatic heterocycles. The monoisotopic (exact) mass is 525 g/mol. The third-order valence-corrected chi connectivity index (χ3v) is 5.00. The van der Waals surface area contributed by atoms with Crippen molar-refractivity contribution in [3.8, 4) is 23.0 Å². The summed E-state index contributed by atoms with van der Waals surface area (Å²) in [6.45, 7) is 9.88. The molecule has 1 amide bonds. The molecule has 190 valence electrons. The number of amides is 1. The molecular formula is C24H29Cl2N3O6. The lowest BCUT2D eigenvalue weighted by atomic mass is 10.2. The zero-order valence-corrected chi connectivity index (χ0v) is 21.8. The highest BCUT2D eigenvalue weighted by atomic mass is 35.5. The van der Waals surface area contributed by atoms with Gasteiger partial charge in [0, 0.05) is 29.3 Å². The first-order chi connectivity index (χ1) is 16.7. The molecule has 0 saturated carbocycles. The maximum atomic E-state index is 13.1. The summed E-state index contributed by atoms with van der Waals surface area (Å²) in [6, 6.07) is 4.81. The van der Waals surface area contributed by atoms with Gasteiger partial charge in [0.1, 0.15) is 39.4 Å². The molecule has 0 fully saturated rings. The van der Waals surface area contributed by atoms with Crippen molar-refractivity contribution in [2.24, 2.45) is 10.2 Å². The summed E-state index contributed by atoms with van der Waals surface area (Å²) in [6.07, 6.45) is 0. The standard InChI is InChI=1S/C24H29Cl2N3O6/c1-6-32-16-12-17(21(26)18(13-16)33-7-2)28-29-22(14(5)30)24(31)27-23-19(34-8-3)10-15(25)11-20(23)35-9-4/h10-13,22H,6-9H2,1-5H3,(H,27,31). The highest BCUT2D eigenvalue weighted by molar-refractivity contribution is 6.34. The van der Waals surface area contributed by atoms with E-state index in [0.29, 0.717) is 54.4 Å². The first-order valence-electron chi connectivity index (χ1n) is 11.2. The topological polar surface area (TPSA) is 108 Å². The smallest absolute Gasteiger partial charge is 0.259 e. The number of nitrogens with zero attached hydrogens (tertiary/aromatic N) is 2. The number of carbonyl (C=O) groups excluding carboxylic acids is 2. The number of carbonyl (C=O) groups is 2. The van der Waals surface area contributed by atoms with Gasteiger partial charge in [-0.2, -0.15) is 10.2 Å². The number of benzene rings is 2. The van der Waals surface area contributed by atoms with E-state index in [1.54, 1.807) is 38.1 Å². The molecule has 1 atom stereocenters. The van der Waals surface area contributed by atoms with Crippen molar-refractivity contribution in [3.63, 3.8) is 0 Å². The van der Waals surface area contributed by atoms with Crippen LogP contribution in [-0.4, -0.2) is 44.2 Å². The predicted octanol–water partition coefficient (Wildman–Crippen LogP) is 6.27. The highest BCUT2D eigenvalue weighted by Gasteiger charge is 2.26. The quantitative estimate of drug-likeness (QED) is 0.244. The number of azo groups is 1. The Hall–Kier alpha value is -3.04. The maximum Gasteiger partial charge on any atom is 0.259 e. The van der Waals surface area contributed by atoms with Crippen molar-refractivity contribution >= 4 is 46.3 Å². The van der Waals surface area contributed by atoms with Gasteiger partial charge in [-0.25, -0.2) is 0 Å². The van der Waals surface area contributed by atoms with E-state index in [-0.39, 0.29) is 16.4 Å². The molecule has 0 bridgehead atoms. The number of nitrogens with one attached hydrogen (secondary N) is 1. The Bertz CT molecular complexity index is 1050.